The highest BCUT2D eigenvalue weighted by atomic mass is 32.2. The summed E-state index contributed by atoms with van der Waals surface area (Å²) in [6.07, 6.45) is 4.38. The van der Waals surface area contributed by atoms with Gasteiger partial charge in [0.2, 0.25) is 0 Å². The highest BCUT2D eigenvalue weighted by molar-refractivity contribution is 7.98. The standard InChI is InChI=1S/C21H19N3OS/c22-13-15-7-1-2-8-16(15)14-26-21-23-19-12-6-5-11-18(19)20(25)24(21)17-9-3-4-10-17/h1-2,5-8,11-12,17H,3-4,9-10,14H2. The smallest absolute Gasteiger partial charge is 0.262 e. The van der Waals surface area contributed by atoms with E-state index in [1.807, 2.05) is 53.1 Å². The van der Waals surface area contributed by atoms with Gasteiger partial charge in [0.15, 0.2) is 5.16 Å². The first-order chi connectivity index (χ1) is 12.8. The molecule has 0 unspecified atom stereocenters. The molecule has 0 N–H and O–H groups in total. The highest BCUT2D eigenvalue weighted by Gasteiger charge is 2.23. The first kappa shape index (κ1) is 16.9. The van der Waals surface area contributed by atoms with Crippen LogP contribution in [-0.2, 0) is 5.75 Å². The minimum atomic E-state index is 0.0542. The molecule has 0 bridgehead atoms. The summed E-state index contributed by atoms with van der Waals surface area (Å²) in [4.78, 5) is 17.9. The molecule has 4 rings (SSSR count). The highest BCUT2D eigenvalue weighted by Crippen LogP contribution is 2.33. The van der Waals surface area contributed by atoms with Crippen LogP contribution in [0, 0.1) is 11.3 Å². The van der Waals surface area contributed by atoms with Crippen molar-refractivity contribution in [2.75, 3.05) is 0 Å². The summed E-state index contributed by atoms with van der Waals surface area (Å²) < 4.78 is 1.90. The number of aromatic nitrogens is 2. The molecule has 1 aliphatic carbocycles. The number of fused-ring (bicyclic) bond motifs is 1. The Morgan fingerprint density at radius 2 is 1.85 bits per heavy atom. The van der Waals surface area contributed by atoms with Gasteiger partial charge in [-0.05, 0) is 36.6 Å². The third-order valence-corrected chi connectivity index (χ3v) is 5.96. The van der Waals surface area contributed by atoms with Crippen LogP contribution in [0.4, 0.5) is 0 Å². The van der Waals surface area contributed by atoms with E-state index in [2.05, 4.69) is 6.07 Å². The third-order valence-electron chi connectivity index (χ3n) is 4.96. The number of hydrogen-bond donors (Lipinski definition) is 0. The molecule has 1 aromatic heterocycles. The van der Waals surface area contributed by atoms with Crippen LogP contribution in [0.1, 0.15) is 42.9 Å². The molecule has 0 spiro atoms. The van der Waals surface area contributed by atoms with Crippen molar-refractivity contribution in [1.29, 1.82) is 5.26 Å². The van der Waals surface area contributed by atoms with E-state index in [-0.39, 0.29) is 11.6 Å². The molecule has 5 heteroatoms. The Labute approximate surface area is 156 Å². The fraction of sp³-hybridized carbons (Fsp3) is 0.286. The van der Waals surface area contributed by atoms with E-state index in [4.69, 9.17) is 4.98 Å². The first-order valence-corrected chi connectivity index (χ1v) is 9.88. The topological polar surface area (TPSA) is 58.7 Å². The molecule has 1 fully saturated rings. The number of thioether (sulfide) groups is 1. The molecule has 4 nitrogen and oxygen atoms in total. The maximum Gasteiger partial charge on any atom is 0.262 e. The van der Waals surface area contributed by atoms with Crippen LogP contribution in [0.15, 0.2) is 58.5 Å². The van der Waals surface area contributed by atoms with Gasteiger partial charge < -0.3 is 0 Å². The van der Waals surface area contributed by atoms with Gasteiger partial charge in [0.25, 0.3) is 5.56 Å². The van der Waals surface area contributed by atoms with Crippen LogP contribution in [-0.4, -0.2) is 9.55 Å². The van der Waals surface area contributed by atoms with E-state index in [0.29, 0.717) is 16.7 Å². The maximum absolute atomic E-state index is 13.1. The second kappa shape index (κ2) is 7.35. The molecule has 2 aromatic carbocycles. The van der Waals surface area contributed by atoms with Crippen LogP contribution in [0.25, 0.3) is 10.9 Å². The summed E-state index contributed by atoms with van der Waals surface area (Å²) in [6.45, 7) is 0. The van der Waals surface area contributed by atoms with E-state index >= 15 is 0 Å². The first-order valence-electron chi connectivity index (χ1n) is 8.90. The monoisotopic (exact) mass is 361 g/mol. The number of benzene rings is 2. The Morgan fingerprint density at radius 1 is 1.12 bits per heavy atom. The molecule has 1 aliphatic rings. The van der Waals surface area contributed by atoms with E-state index in [0.717, 1.165) is 41.9 Å². The summed E-state index contributed by atoms with van der Waals surface area (Å²) in [5.41, 5.74) is 2.44. The van der Waals surface area contributed by atoms with Crippen LogP contribution < -0.4 is 5.56 Å². The Balaban J connectivity index is 1.76. The third kappa shape index (κ3) is 3.13. The predicted molar refractivity (Wildman–Crippen MR) is 104 cm³/mol. The Bertz CT molecular complexity index is 1050. The van der Waals surface area contributed by atoms with Crippen LogP contribution in [0.5, 0.6) is 0 Å². The molecule has 0 saturated heterocycles. The van der Waals surface area contributed by atoms with Gasteiger partial charge >= 0.3 is 0 Å². The van der Waals surface area contributed by atoms with E-state index in [1.54, 1.807) is 11.8 Å². The largest absolute Gasteiger partial charge is 0.284 e. The van der Waals surface area contributed by atoms with Gasteiger partial charge in [-0.15, -0.1) is 0 Å². The van der Waals surface area contributed by atoms with Crippen molar-refractivity contribution in [3.8, 4) is 6.07 Å². The van der Waals surface area contributed by atoms with E-state index in [9.17, 15) is 10.1 Å². The molecular formula is C21H19N3OS. The Kier molecular flexibility index (Phi) is 4.77. The molecule has 3 aromatic rings. The maximum atomic E-state index is 13.1. The summed E-state index contributed by atoms with van der Waals surface area (Å²) in [6, 6.07) is 17.6. The molecule has 0 amide bonds. The van der Waals surface area contributed by atoms with Crippen molar-refractivity contribution in [3.05, 3.63) is 70.0 Å². The fourth-order valence-electron chi connectivity index (χ4n) is 3.61. The molecule has 0 radical (unpaired) electrons. The molecule has 130 valence electrons. The lowest BCUT2D eigenvalue weighted by molar-refractivity contribution is 0.457. The number of para-hydroxylation sites is 1. The average Bonchev–Trinajstić information content (AvgIpc) is 3.21. The van der Waals surface area contributed by atoms with E-state index in [1.165, 1.54) is 0 Å². The zero-order valence-electron chi connectivity index (χ0n) is 14.4. The van der Waals surface area contributed by atoms with Gasteiger partial charge in [0.05, 0.1) is 22.5 Å². The SMILES string of the molecule is N#Cc1ccccc1CSc1nc2ccccc2c(=O)n1C1CCCC1. The molecule has 1 saturated carbocycles. The predicted octanol–water partition coefficient (Wildman–Crippen LogP) is 4.68. The van der Waals surface area contributed by atoms with Gasteiger partial charge in [-0.3, -0.25) is 9.36 Å². The number of nitrogens with zero attached hydrogens (tertiary/aromatic N) is 3. The summed E-state index contributed by atoms with van der Waals surface area (Å²) in [5.74, 6) is 0.626. The summed E-state index contributed by atoms with van der Waals surface area (Å²) in [7, 11) is 0. The van der Waals surface area contributed by atoms with Gasteiger partial charge in [-0.25, -0.2) is 4.98 Å². The summed E-state index contributed by atoms with van der Waals surface area (Å²) in [5, 5.41) is 10.7. The lowest BCUT2D eigenvalue weighted by Gasteiger charge is -2.18. The van der Waals surface area contributed by atoms with Crippen molar-refractivity contribution < 1.29 is 0 Å². The minimum Gasteiger partial charge on any atom is -0.284 e. The van der Waals surface area contributed by atoms with Crippen molar-refractivity contribution in [1.82, 2.24) is 9.55 Å². The van der Waals surface area contributed by atoms with Gasteiger partial charge in [-0.1, -0.05) is 54.9 Å². The van der Waals surface area contributed by atoms with Gasteiger partial charge in [0.1, 0.15) is 0 Å². The van der Waals surface area contributed by atoms with Crippen LogP contribution in [0.2, 0.25) is 0 Å². The quantitative estimate of drug-likeness (QED) is 0.500. The molecule has 0 atom stereocenters. The van der Waals surface area contributed by atoms with Gasteiger partial charge in [0, 0.05) is 11.8 Å². The Morgan fingerprint density at radius 3 is 2.65 bits per heavy atom. The van der Waals surface area contributed by atoms with Crippen LogP contribution >= 0.6 is 11.8 Å². The normalized spacial score (nSPS) is 14.6. The number of hydrogen-bond acceptors (Lipinski definition) is 4. The minimum absolute atomic E-state index is 0.0542. The lowest BCUT2D eigenvalue weighted by Crippen LogP contribution is -2.26. The second-order valence-electron chi connectivity index (χ2n) is 6.58. The lowest BCUT2D eigenvalue weighted by atomic mass is 10.1. The average molecular weight is 361 g/mol. The van der Waals surface area contributed by atoms with Crippen LogP contribution in [0.3, 0.4) is 0 Å². The second-order valence-corrected chi connectivity index (χ2v) is 7.53. The molecular weight excluding hydrogens is 342 g/mol. The molecule has 26 heavy (non-hydrogen) atoms. The van der Waals surface area contributed by atoms with Crippen molar-refractivity contribution >= 4 is 22.7 Å². The fourth-order valence-corrected chi connectivity index (χ4v) is 4.68. The van der Waals surface area contributed by atoms with E-state index < -0.39 is 0 Å². The van der Waals surface area contributed by atoms with Crippen molar-refractivity contribution in [2.45, 2.75) is 42.6 Å². The van der Waals surface area contributed by atoms with Crippen molar-refractivity contribution in [2.24, 2.45) is 0 Å². The number of nitriles is 1. The van der Waals surface area contributed by atoms with Crippen molar-refractivity contribution in [3.63, 3.8) is 0 Å². The zero-order chi connectivity index (χ0) is 17.9. The molecule has 1 heterocycles. The summed E-state index contributed by atoms with van der Waals surface area (Å²) >= 11 is 1.55. The zero-order valence-corrected chi connectivity index (χ0v) is 15.2. The Hall–Kier alpha value is -2.58. The van der Waals surface area contributed by atoms with Gasteiger partial charge in [-0.2, -0.15) is 5.26 Å². The number of rotatable bonds is 4. The molecule has 0 aliphatic heterocycles.